The minimum atomic E-state index is -0.0238. The number of nitrogen functional groups attached to an aromatic ring is 1. The second-order valence-corrected chi connectivity index (χ2v) is 5.25. The molecule has 3 nitrogen and oxygen atoms in total. The van der Waals surface area contributed by atoms with Crippen molar-refractivity contribution in [3.05, 3.63) is 58.6 Å². The van der Waals surface area contributed by atoms with Crippen molar-refractivity contribution in [1.82, 2.24) is 0 Å². The van der Waals surface area contributed by atoms with Crippen LogP contribution in [0.5, 0.6) is 0 Å². The number of halogens is 1. The number of benzene rings is 2. The van der Waals surface area contributed by atoms with E-state index in [2.05, 4.69) is 4.90 Å². The molecule has 0 fully saturated rings. The Bertz CT molecular complexity index is 623. The van der Waals surface area contributed by atoms with Crippen molar-refractivity contribution < 1.29 is 4.79 Å². The van der Waals surface area contributed by atoms with E-state index in [0.717, 1.165) is 22.8 Å². The van der Waals surface area contributed by atoms with Crippen LogP contribution in [0.2, 0.25) is 5.02 Å². The molecule has 0 saturated carbocycles. The van der Waals surface area contributed by atoms with E-state index in [-0.39, 0.29) is 5.78 Å². The van der Waals surface area contributed by atoms with Crippen LogP contribution in [-0.4, -0.2) is 12.8 Å². The van der Waals surface area contributed by atoms with Crippen LogP contribution in [-0.2, 0) is 6.54 Å². The number of nitrogens with zero attached hydrogens (tertiary/aromatic N) is 1. The van der Waals surface area contributed by atoms with Gasteiger partial charge in [-0.1, -0.05) is 23.7 Å². The van der Waals surface area contributed by atoms with E-state index < -0.39 is 0 Å². The molecule has 0 aromatic heterocycles. The van der Waals surface area contributed by atoms with Crippen LogP contribution >= 0.6 is 11.6 Å². The molecule has 0 atom stereocenters. The first-order valence-corrected chi connectivity index (χ1v) is 6.71. The van der Waals surface area contributed by atoms with E-state index in [1.54, 1.807) is 6.07 Å². The number of anilines is 2. The van der Waals surface area contributed by atoms with Gasteiger partial charge in [-0.25, -0.2) is 0 Å². The van der Waals surface area contributed by atoms with Gasteiger partial charge in [-0.05, 0) is 42.8 Å². The summed E-state index contributed by atoms with van der Waals surface area (Å²) < 4.78 is 0. The van der Waals surface area contributed by atoms with Crippen LogP contribution < -0.4 is 10.6 Å². The molecule has 0 amide bonds. The molecular weight excluding hydrogens is 272 g/mol. The monoisotopic (exact) mass is 288 g/mol. The smallest absolute Gasteiger partial charge is 0.161 e. The number of Topliss-reactive ketones (excluding diaryl/α,β-unsaturated/α-hetero) is 1. The number of rotatable bonds is 4. The highest BCUT2D eigenvalue weighted by Crippen LogP contribution is 2.22. The molecule has 0 aliphatic rings. The predicted octanol–water partition coefficient (Wildman–Crippen LogP) is 3.76. The molecule has 20 heavy (non-hydrogen) atoms. The first-order valence-electron chi connectivity index (χ1n) is 6.33. The topological polar surface area (TPSA) is 46.3 Å². The highest BCUT2D eigenvalue weighted by molar-refractivity contribution is 6.30. The largest absolute Gasteiger partial charge is 0.398 e. The summed E-state index contributed by atoms with van der Waals surface area (Å²) in [5, 5.41) is 0.725. The Morgan fingerprint density at radius 3 is 2.45 bits per heavy atom. The summed E-state index contributed by atoms with van der Waals surface area (Å²) in [6.07, 6.45) is 0. The van der Waals surface area contributed by atoms with E-state index in [9.17, 15) is 4.79 Å². The lowest BCUT2D eigenvalue weighted by atomic mass is 10.1. The van der Waals surface area contributed by atoms with Crippen LogP contribution in [0.15, 0.2) is 42.5 Å². The molecule has 0 spiro atoms. The number of ketones is 1. The van der Waals surface area contributed by atoms with E-state index in [1.807, 2.05) is 43.4 Å². The van der Waals surface area contributed by atoms with Crippen LogP contribution in [0.25, 0.3) is 0 Å². The van der Waals surface area contributed by atoms with Gasteiger partial charge in [0.2, 0.25) is 0 Å². The Labute approximate surface area is 124 Å². The molecule has 2 aromatic carbocycles. The van der Waals surface area contributed by atoms with E-state index in [0.29, 0.717) is 11.3 Å². The lowest BCUT2D eigenvalue weighted by molar-refractivity contribution is 0.101. The van der Waals surface area contributed by atoms with Gasteiger partial charge >= 0.3 is 0 Å². The maximum atomic E-state index is 11.5. The first-order chi connectivity index (χ1) is 9.47. The fourth-order valence-corrected chi connectivity index (χ4v) is 2.17. The molecule has 0 bridgehead atoms. The van der Waals surface area contributed by atoms with Crippen LogP contribution in [0.3, 0.4) is 0 Å². The number of hydrogen-bond donors (Lipinski definition) is 1. The molecular formula is C16H17ClN2O. The van der Waals surface area contributed by atoms with E-state index >= 15 is 0 Å². The average Bonchev–Trinajstić information content (AvgIpc) is 2.41. The summed E-state index contributed by atoms with van der Waals surface area (Å²) in [5.41, 5.74) is 8.99. The van der Waals surface area contributed by atoms with Gasteiger partial charge in [-0.15, -0.1) is 0 Å². The van der Waals surface area contributed by atoms with Gasteiger partial charge in [0.1, 0.15) is 0 Å². The summed E-state index contributed by atoms with van der Waals surface area (Å²) >= 11 is 5.87. The maximum absolute atomic E-state index is 11.5. The predicted molar refractivity (Wildman–Crippen MR) is 84.4 cm³/mol. The number of hydrogen-bond acceptors (Lipinski definition) is 3. The normalized spacial score (nSPS) is 10.3. The van der Waals surface area contributed by atoms with Crippen LogP contribution in [0.4, 0.5) is 11.4 Å². The summed E-state index contributed by atoms with van der Waals surface area (Å²) in [6.45, 7) is 2.26. The third-order valence-corrected chi connectivity index (χ3v) is 3.44. The van der Waals surface area contributed by atoms with Crippen molar-refractivity contribution in [2.24, 2.45) is 0 Å². The third kappa shape index (κ3) is 3.31. The molecule has 0 aliphatic carbocycles. The molecule has 2 aromatic rings. The van der Waals surface area contributed by atoms with Gasteiger partial charge in [0.15, 0.2) is 5.78 Å². The van der Waals surface area contributed by atoms with E-state index in [4.69, 9.17) is 17.3 Å². The van der Waals surface area contributed by atoms with Crippen molar-refractivity contribution in [3.8, 4) is 0 Å². The van der Waals surface area contributed by atoms with Crippen molar-refractivity contribution >= 4 is 28.8 Å². The Morgan fingerprint density at radius 1 is 1.20 bits per heavy atom. The van der Waals surface area contributed by atoms with Gasteiger partial charge in [0, 0.05) is 35.6 Å². The van der Waals surface area contributed by atoms with E-state index in [1.165, 1.54) is 6.92 Å². The molecule has 2 N–H and O–H groups in total. The average molecular weight is 289 g/mol. The van der Waals surface area contributed by atoms with Gasteiger partial charge in [-0.2, -0.15) is 0 Å². The van der Waals surface area contributed by atoms with Crippen molar-refractivity contribution in [1.29, 1.82) is 0 Å². The molecule has 0 heterocycles. The highest BCUT2D eigenvalue weighted by atomic mass is 35.5. The zero-order valence-corrected chi connectivity index (χ0v) is 12.3. The standard InChI is InChI=1S/C16H17ClN2O/c1-11(20)15-9-14(7-8-16(15)18)19(2)10-12-3-5-13(17)6-4-12/h3-9H,10,18H2,1-2H3. The minimum Gasteiger partial charge on any atom is -0.398 e. The van der Waals surface area contributed by atoms with Crippen LogP contribution in [0.1, 0.15) is 22.8 Å². The van der Waals surface area contributed by atoms with Gasteiger partial charge in [0.25, 0.3) is 0 Å². The van der Waals surface area contributed by atoms with Gasteiger partial charge in [-0.3, -0.25) is 4.79 Å². The molecule has 4 heteroatoms. The Kier molecular flexibility index (Phi) is 4.30. The second-order valence-electron chi connectivity index (χ2n) is 4.81. The minimum absolute atomic E-state index is 0.0238. The first kappa shape index (κ1) is 14.4. The third-order valence-electron chi connectivity index (χ3n) is 3.19. The van der Waals surface area contributed by atoms with Gasteiger partial charge < -0.3 is 10.6 Å². The quantitative estimate of drug-likeness (QED) is 0.688. The Hall–Kier alpha value is -2.00. The molecule has 104 valence electrons. The molecule has 0 unspecified atom stereocenters. The lowest BCUT2D eigenvalue weighted by Gasteiger charge is -2.20. The van der Waals surface area contributed by atoms with Crippen LogP contribution in [0, 0.1) is 0 Å². The second kappa shape index (κ2) is 5.97. The fourth-order valence-electron chi connectivity index (χ4n) is 2.04. The highest BCUT2D eigenvalue weighted by Gasteiger charge is 2.09. The molecule has 0 radical (unpaired) electrons. The van der Waals surface area contributed by atoms with Crippen molar-refractivity contribution in [2.45, 2.75) is 13.5 Å². The summed E-state index contributed by atoms with van der Waals surface area (Å²) in [7, 11) is 1.98. The summed E-state index contributed by atoms with van der Waals surface area (Å²) in [5.74, 6) is -0.0238. The lowest BCUT2D eigenvalue weighted by Crippen LogP contribution is -2.17. The zero-order chi connectivity index (χ0) is 14.7. The Balaban J connectivity index is 2.20. The maximum Gasteiger partial charge on any atom is 0.161 e. The molecule has 0 aliphatic heterocycles. The summed E-state index contributed by atoms with van der Waals surface area (Å²) in [4.78, 5) is 13.6. The molecule has 2 rings (SSSR count). The van der Waals surface area contributed by atoms with Crippen molar-refractivity contribution in [3.63, 3.8) is 0 Å². The number of nitrogens with two attached hydrogens (primary N) is 1. The zero-order valence-electron chi connectivity index (χ0n) is 11.6. The number of carbonyl (C=O) groups is 1. The van der Waals surface area contributed by atoms with Crippen molar-refractivity contribution in [2.75, 3.05) is 17.7 Å². The number of carbonyl (C=O) groups excluding carboxylic acids is 1. The van der Waals surface area contributed by atoms with Gasteiger partial charge in [0.05, 0.1) is 0 Å². The SMILES string of the molecule is CC(=O)c1cc(N(C)Cc2ccc(Cl)cc2)ccc1N. The Morgan fingerprint density at radius 2 is 1.85 bits per heavy atom. The summed E-state index contributed by atoms with van der Waals surface area (Å²) in [6, 6.07) is 13.2. The fraction of sp³-hybridized carbons (Fsp3) is 0.188. The molecule has 0 saturated heterocycles.